The Hall–Kier alpha value is -1.61. The average Bonchev–Trinajstić information content (AvgIpc) is 3.10. The lowest BCUT2D eigenvalue weighted by Gasteiger charge is -2.27. The van der Waals surface area contributed by atoms with E-state index >= 15 is 0 Å². The molecule has 0 saturated carbocycles. The van der Waals surface area contributed by atoms with E-state index in [9.17, 15) is 4.79 Å². The van der Waals surface area contributed by atoms with Gasteiger partial charge in [-0.25, -0.2) is 0 Å². The molecule has 0 spiro atoms. The van der Waals surface area contributed by atoms with Crippen molar-refractivity contribution in [3.8, 4) is 0 Å². The van der Waals surface area contributed by atoms with E-state index in [0.717, 1.165) is 13.0 Å². The summed E-state index contributed by atoms with van der Waals surface area (Å²) in [6.07, 6.45) is 0.957. The highest BCUT2D eigenvalue weighted by Gasteiger charge is 2.21. The minimum absolute atomic E-state index is 0. The van der Waals surface area contributed by atoms with E-state index in [1.165, 1.54) is 27.1 Å². The Bertz CT molecular complexity index is 818. The second-order valence-corrected chi connectivity index (χ2v) is 7.64. The number of fused-ring (bicyclic) bond motifs is 1. The van der Waals surface area contributed by atoms with Crippen molar-refractivity contribution in [3.63, 3.8) is 0 Å². The molecule has 0 atom stereocenters. The standard InChI is InChI=1S/C20H26N4OS.HI/c1-14-4-5-16(15(2)10-14)11-22-20(21-3)23-12-19(25)24-8-6-18-17(13-24)7-9-26-18;/h4-5,7,9-10H,6,8,11-13H2,1-3H3,(H2,21,22,23);1H. The molecule has 0 aliphatic carbocycles. The zero-order valence-electron chi connectivity index (χ0n) is 16.0. The molecule has 1 amide bonds. The summed E-state index contributed by atoms with van der Waals surface area (Å²) >= 11 is 1.78. The van der Waals surface area contributed by atoms with Crippen molar-refractivity contribution < 1.29 is 4.79 Å². The third-order valence-electron chi connectivity index (χ3n) is 4.74. The minimum Gasteiger partial charge on any atom is -0.352 e. The number of halogens is 1. The average molecular weight is 498 g/mol. The van der Waals surface area contributed by atoms with Gasteiger partial charge in [-0.05, 0) is 48.4 Å². The Labute approximate surface area is 182 Å². The van der Waals surface area contributed by atoms with E-state index < -0.39 is 0 Å². The maximum absolute atomic E-state index is 12.5. The molecule has 146 valence electrons. The molecule has 2 heterocycles. The number of amides is 1. The van der Waals surface area contributed by atoms with Crippen LogP contribution in [0.15, 0.2) is 34.6 Å². The molecule has 0 bridgehead atoms. The first-order valence-corrected chi connectivity index (χ1v) is 9.78. The molecule has 1 aliphatic heterocycles. The maximum Gasteiger partial charge on any atom is 0.242 e. The quantitative estimate of drug-likeness (QED) is 0.387. The molecule has 0 radical (unpaired) electrons. The van der Waals surface area contributed by atoms with Crippen LogP contribution >= 0.6 is 35.3 Å². The fourth-order valence-electron chi connectivity index (χ4n) is 3.18. The van der Waals surface area contributed by atoms with Crippen LogP contribution in [-0.4, -0.2) is 36.9 Å². The van der Waals surface area contributed by atoms with E-state index in [0.29, 0.717) is 19.0 Å². The summed E-state index contributed by atoms with van der Waals surface area (Å²) in [5.41, 5.74) is 5.02. The lowest BCUT2D eigenvalue weighted by Crippen LogP contribution is -2.45. The van der Waals surface area contributed by atoms with Crippen LogP contribution in [0.3, 0.4) is 0 Å². The van der Waals surface area contributed by atoms with Crippen LogP contribution in [0.2, 0.25) is 0 Å². The van der Waals surface area contributed by atoms with E-state index in [-0.39, 0.29) is 36.4 Å². The zero-order valence-corrected chi connectivity index (χ0v) is 19.2. The fraction of sp³-hybridized carbons (Fsp3) is 0.400. The zero-order chi connectivity index (χ0) is 18.5. The number of nitrogens with zero attached hydrogens (tertiary/aromatic N) is 2. The SMILES string of the molecule is CN=C(NCC(=O)N1CCc2sccc2C1)NCc1ccc(C)cc1C.I. The summed E-state index contributed by atoms with van der Waals surface area (Å²) < 4.78 is 0. The van der Waals surface area contributed by atoms with E-state index in [2.05, 4.69) is 59.1 Å². The smallest absolute Gasteiger partial charge is 0.242 e. The highest BCUT2D eigenvalue weighted by molar-refractivity contribution is 14.0. The van der Waals surface area contributed by atoms with Crippen LogP contribution in [0.1, 0.15) is 27.1 Å². The number of rotatable bonds is 4. The molecule has 1 aromatic carbocycles. The molecule has 5 nitrogen and oxygen atoms in total. The molecule has 0 saturated heterocycles. The van der Waals surface area contributed by atoms with Gasteiger partial charge >= 0.3 is 0 Å². The first-order chi connectivity index (χ1) is 12.6. The maximum atomic E-state index is 12.5. The minimum atomic E-state index is 0. The predicted molar refractivity (Wildman–Crippen MR) is 123 cm³/mol. The third kappa shape index (κ3) is 5.68. The lowest BCUT2D eigenvalue weighted by molar-refractivity contribution is -0.130. The van der Waals surface area contributed by atoms with E-state index in [1.54, 1.807) is 18.4 Å². The number of carbonyl (C=O) groups is 1. The number of hydrogen-bond donors (Lipinski definition) is 2. The van der Waals surface area contributed by atoms with E-state index in [4.69, 9.17) is 0 Å². The second kappa shape index (κ2) is 10.1. The molecule has 7 heteroatoms. The normalized spacial score (nSPS) is 13.6. The third-order valence-corrected chi connectivity index (χ3v) is 5.76. The summed E-state index contributed by atoms with van der Waals surface area (Å²) in [6, 6.07) is 8.53. The van der Waals surface area contributed by atoms with Gasteiger partial charge in [-0.3, -0.25) is 9.79 Å². The van der Waals surface area contributed by atoms with Gasteiger partial charge in [0.25, 0.3) is 0 Å². The van der Waals surface area contributed by atoms with Gasteiger partial charge < -0.3 is 15.5 Å². The topological polar surface area (TPSA) is 56.7 Å². The molecule has 27 heavy (non-hydrogen) atoms. The molecule has 2 N–H and O–H groups in total. The largest absolute Gasteiger partial charge is 0.352 e. The molecule has 0 fully saturated rings. The molecule has 2 aromatic rings. The monoisotopic (exact) mass is 498 g/mol. The van der Waals surface area contributed by atoms with Gasteiger partial charge in [-0.2, -0.15) is 0 Å². The van der Waals surface area contributed by atoms with Crippen molar-refractivity contribution in [2.75, 3.05) is 20.1 Å². The molecular weight excluding hydrogens is 471 g/mol. The van der Waals surface area contributed by atoms with Gasteiger partial charge in [-0.1, -0.05) is 23.8 Å². The van der Waals surface area contributed by atoms with Crippen LogP contribution in [-0.2, 0) is 24.3 Å². The van der Waals surface area contributed by atoms with Crippen LogP contribution in [0.25, 0.3) is 0 Å². The van der Waals surface area contributed by atoms with Crippen LogP contribution in [0.5, 0.6) is 0 Å². The van der Waals surface area contributed by atoms with Crippen molar-refractivity contribution in [2.45, 2.75) is 33.4 Å². The van der Waals surface area contributed by atoms with E-state index in [1.807, 2.05) is 4.90 Å². The first kappa shape index (κ1) is 21.7. The first-order valence-electron chi connectivity index (χ1n) is 8.90. The Kier molecular flexibility index (Phi) is 8.09. The van der Waals surface area contributed by atoms with Crippen molar-refractivity contribution in [1.29, 1.82) is 0 Å². The predicted octanol–water partition coefficient (Wildman–Crippen LogP) is 3.23. The van der Waals surface area contributed by atoms with Crippen molar-refractivity contribution in [3.05, 3.63) is 56.8 Å². The molecule has 1 aromatic heterocycles. The molecular formula is C20H27IN4OS. The van der Waals surface area contributed by atoms with Crippen LogP contribution in [0.4, 0.5) is 0 Å². The molecule has 1 aliphatic rings. The number of guanidine groups is 1. The summed E-state index contributed by atoms with van der Waals surface area (Å²) in [7, 11) is 1.72. The van der Waals surface area contributed by atoms with Crippen molar-refractivity contribution >= 4 is 47.2 Å². The number of benzene rings is 1. The Morgan fingerprint density at radius 1 is 1.26 bits per heavy atom. The molecule has 3 rings (SSSR count). The van der Waals surface area contributed by atoms with Gasteiger partial charge in [0, 0.05) is 31.6 Å². The number of aliphatic imine (C=N–C) groups is 1. The summed E-state index contributed by atoms with van der Waals surface area (Å²) in [6.45, 7) is 6.65. The van der Waals surface area contributed by atoms with Crippen LogP contribution in [0, 0.1) is 13.8 Å². The second-order valence-electron chi connectivity index (χ2n) is 6.64. The van der Waals surface area contributed by atoms with Gasteiger partial charge in [0.15, 0.2) is 5.96 Å². The Morgan fingerprint density at radius 2 is 2.07 bits per heavy atom. The lowest BCUT2D eigenvalue weighted by atomic mass is 10.1. The van der Waals surface area contributed by atoms with Crippen molar-refractivity contribution in [2.24, 2.45) is 4.99 Å². The fourth-order valence-corrected chi connectivity index (χ4v) is 4.07. The van der Waals surface area contributed by atoms with Gasteiger partial charge in [0.05, 0.1) is 6.54 Å². The summed E-state index contributed by atoms with van der Waals surface area (Å²) in [5, 5.41) is 8.53. The van der Waals surface area contributed by atoms with Gasteiger partial charge in [0.2, 0.25) is 5.91 Å². The van der Waals surface area contributed by atoms with Gasteiger partial charge in [-0.15, -0.1) is 35.3 Å². The van der Waals surface area contributed by atoms with Crippen molar-refractivity contribution in [1.82, 2.24) is 15.5 Å². The number of nitrogens with one attached hydrogen (secondary N) is 2. The summed E-state index contributed by atoms with van der Waals surface area (Å²) in [4.78, 5) is 20.0. The Morgan fingerprint density at radius 3 is 2.81 bits per heavy atom. The van der Waals surface area contributed by atoms with Gasteiger partial charge in [0.1, 0.15) is 0 Å². The Balaban J connectivity index is 0.00000261. The molecule has 0 unspecified atom stereocenters. The highest BCUT2D eigenvalue weighted by atomic mass is 127. The number of hydrogen-bond acceptors (Lipinski definition) is 3. The number of aryl methyl sites for hydroxylation is 2. The highest BCUT2D eigenvalue weighted by Crippen LogP contribution is 2.23. The summed E-state index contributed by atoms with van der Waals surface area (Å²) in [5.74, 6) is 0.753. The number of carbonyl (C=O) groups excluding carboxylic acids is 1. The van der Waals surface area contributed by atoms with Crippen LogP contribution < -0.4 is 10.6 Å². The number of thiophene rings is 1.